The molecule has 22 heavy (non-hydrogen) atoms. The maximum absolute atomic E-state index is 12.7. The van der Waals surface area contributed by atoms with Crippen LogP contribution in [0, 0.1) is 23.7 Å². The minimum Gasteiger partial charge on any atom is -0.480 e. The van der Waals surface area contributed by atoms with Gasteiger partial charge in [-0.2, -0.15) is 11.8 Å². The number of nitrogens with zero attached hydrogens (tertiary/aromatic N) is 1. The molecular weight excluding hydrogens is 438 g/mol. The molecule has 1 N–H and O–H groups in total. The Morgan fingerprint density at radius 3 is 2.18 bits per heavy atom. The predicted molar refractivity (Wildman–Crippen MR) is 90.3 cm³/mol. The van der Waals surface area contributed by atoms with E-state index in [1.165, 1.54) is 11.8 Å². The van der Waals surface area contributed by atoms with Crippen LogP contribution in [-0.2, 0) is 14.4 Å². The average Bonchev–Trinajstić information content (AvgIpc) is 3.06. The zero-order valence-electron chi connectivity index (χ0n) is 11.9. The Balaban J connectivity index is 1.88. The van der Waals surface area contributed by atoms with E-state index in [0.29, 0.717) is 12.2 Å². The minimum atomic E-state index is -1.09. The molecule has 1 aliphatic heterocycles. The number of carbonyl (C=O) groups excluding carboxylic acids is 2. The number of hydrogen-bond acceptors (Lipinski definition) is 4. The van der Waals surface area contributed by atoms with E-state index in [1.54, 1.807) is 0 Å². The van der Waals surface area contributed by atoms with Crippen LogP contribution >= 0.6 is 43.6 Å². The molecule has 3 rings (SSSR count). The third-order valence-corrected chi connectivity index (χ3v) is 9.06. The highest BCUT2D eigenvalue weighted by atomic mass is 79.9. The second-order valence-electron chi connectivity index (χ2n) is 6.19. The first kappa shape index (κ1) is 16.8. The van der Waals surface area contributed by atoms with E-state index in [2.05, 4.69) is 31.9 Å². The summed E-state index contributed by atoms with van der Waals surface area (Å²) in [7, 11) is 0. The number of likely N-dealkylation sites (tertiary alicyclic amines) is 1. The highest BCUT2D eigenvalue weighted by molar-refractivity contribution is 9.12. The maximum atomic E-state index is 12.7. The molecule has 0 radical (unpaired) electrons. The number of thioether (sulfide) groups is 1. The summed E-state index contributed by atoms with van der Waals surface area (Å²) in [5.41, 5.74) is 0. The number of imide groups is 1. The minimum absolute atomic E-state index is 0.121. The van der Waals surface area contributed by atoms with Gasteiger partial charge in [0.2, 0.25) is 11.8 Å². The lowest BCUT2D eigenvalue weighted by Crippen LogP contribution is -2.46. The summed E-state index contributed by atoms with van der Waals surface area (Å²) in [5, 5.41) is 9.44. The van der Waals surface area contributed by atoms with Crippen LogP contribution < -0.4 is 0 Å². The van der Waals surface area contributed by atoms with E-state index >= 15 is 0 Å². The number of fused-ring (bicyclic) bond motifs is 5. The SMILES string of the molecule is CSCC[C@@H](C(=O)O)N1C(=O)[C@H]2[C@@H]3C[C@H]([C@@H](Br)[C@H]3Br)[C@@H]2C1=O. The van der Waals surface area contributed by atoms with Crippen LogP contribution in [0.5, 0.6) is 0 Å². The Kier molecular flexibility index (Phi) is 4.64. The normalized spacial score (nSPS) is 41.1. The van der Waals surface area contributed by atoms with Gasteiger partial charge in [0.05, 0.1) is 11.8 Å². The molecule has 2 bridgehead atoms. The third-order valence-electron chi connectivity index (χ3n) is 5.21. The van der Waals surface area contributed by atoms with Gasteiger partial charge in [-0.3, -0.25) is 14.5 Å². The smallest absolute Gasteiger partial charge is 0.326 e. The summed E-state index contributed by atoms with van der Waals surface area (Å²) in [6.45, 7) is 0. The lowest BCUT2D eigenvalue weighted by atomic mass is 9.81. The van der Waals surface area contributed by atoms with Gasteiger partial charge in [0.15, 0.2) is 0 Å². The van der Waals surface area contributed by atoms with Crippen LogP contribution in [0.1, 0.15) is 12.8 Å². The number of amides is 2. The lowest BCUT2D eigenvalue weighted by molar-refractivity contribution is -0.155. The van der Waals surface area contributed by atoms with Gasteiger partial charge >= 0.3 is 5.97 Å². The zero-order valence-corrected chi connectivity index (χ0v) is 15.9. The van der Waals surface area contributed by atoms with Crippen molar-refractivity contribution in [3.05, 3.63) is 0 Å². The second-order valence-corrected chi connectivity index (χ2v) is 9.29. The summed E-state index contributed by atoms with van der Waals surface area (Å²) in [4.78, 5) is 38.4. The quantitative estimate of drug-likeness (QED) is 0.507. The molecule has 3 aliphatic rings. The second kappa shape index (κ2) is 6.09. The van der Waals surface area contributed by atoms with E-state index < -0.39 is 12.0 Å². The van der Waals surface area contributed by atoms with Crippen molar-refractivity contribution >= 4 is 61.4 Å². The van der Waals surface area contributed by atoms with Crippen LogP contribution in [0.15, 0.2) is 0 Å². The number of carbonyl (C=O) groups is 3. The number of carboxylic acids is 1. The predicted octanol–water partition coefficient (Wildman–Crippen LogP) is 1.97. The molecule has 2 aliphatic carbocycles. The fraction of sp³-hybridized carbons (Fsp3) is 0.786. The number of aliphatic carboxylic acids is 1. The molecule has 0 unspecified atom stereocenters. The highest BCUT2D eigenvalue weighted by Gasteiger charge is 2.67. The van der Waals surface area contributed by atoms with Crippen molar-refractivity contribution in [2.75, 3.05) is 12.0 Å². The molecule has 2 saturated carbocycles. The summed E-state index contributed by atoms with van der Waals surface area (Å²) in [5.74, 6) is -1.47. The molecule has 0 aromatic heterocycles. The molecule has 5 nitrogen and oxygen atoms in total. The monoisotopic (exact) mass is 453 g/mol. The van der Waals surface area contributed by atoms with Crippen molar-refractivity contribution in [3.63, 3.8) is 0 Å². The van der Waals surface area contributed by atoms with Gasteiger partial charge < -0.3 is 5.11 Å². The number of halogens is 2. The Labute approximate surface area is 149 Å². The van der Waals surface area contributed by atoms with E-state index in [-0.39, 0.29) is 45.1 Å². The summed E-state index contributed by atoms with van der Waals surface area (Å²) in [6, 6.07) is -1.03. The fourth-order valence-electron chi connectivity index (χ4n) is 4.27. The summed E-state index contributed by atoms with van der Waals surface area (Å²) < 4.78 is 0. The first-order chi connectivity index (χ1) is 10.4. The number of alkyl halides is 2. The molecule has 3 fully saturated rings. The van der Waals surface area contributed by atoms with Gasteiger partial charge in [0.1, 0.15) is 6.04 Å². The van der Waals surface area contributed by atoms with Crippen molar-refractivity contribution in [1.29, 1.82) is 0 Å². The van der Waals surface area contributed by atoms with Gasteiger partial charge in [0.25, 0.3) is 0 Å². The Morgan fingerprint density at radius 1 is 1.27 bits per heavy atom. The van der Waals surface area contributed by atoms with E-state index in [4.69, 9.17) is 0 Å². The van der Waals surface area contributed by atoms with Crippen molar-refractivity contribution < 1.29 is 19.5 Å². The lowest BCUT2D eigenvalue weighted by Gasteiger charge is -2.28. The molecule has 2 amide bonds. The standard InChI is InChI=1S/C14H17Br2NO4S/c1-22-3-2-7(14(20)21)17-12(18)8-5-4-6(9(8)13(17)19)11(16)10(5)15/h5-11H,2-4H2,1H3,(H,20,21)/t5-,6-,7-,8-,9-,10-,11+/m0/s1. The van der Waals surface area contributed by atoms with Crippen LogP contribution in [-0.4, -0.2) is 55.5 Å². The molecule has 0 spiro atoms. The van der Waals surface area contributed by atoms with Crippen LogP contribution in [0.3, 0.4) is 0 Å². The third kappa shape index (κ3) is 2.28. The Bertz CT molecular complexity index is 499. The van der Waals surface area contributed by atoms with Gasteiger partial charge in [-0.05, 0) is 36.7 Å². The van der Waals surface area contributed by atoms with Gasteiger partial charge in [-0.15, -0.1) is 0 Å². The first-order valence-corrected chi connectivity index (χ1v) is 10.5. The number of carboxylic acid groups (broad SMARTS) is 1. The molecule has 7 atom stereocenters. The van der Waals surface area contributed by atoms with E-state index in [1.807, 2.05) is 6.26 Å². The van der Waals surface area contributed by atoms with E-state index in [0.717, 1.165) is 11.3 Å². The molecule has 0 aromatic carbocycles. The van der Waals surface area contributed by atoms with Gasteiger partial charge in [-0.25, -0.2) is 4.79 Å². The van der Waals surface area contributed by atoms with Gasteiger partial charge in [-0.1, -0.05) is 31.9 Å². The van der Waals surface area contributed by atoms with Gasteiger partial charge in [0, 0.05) is 9.65 Å². The summed E-state index contributed by atoms with van der Waals surface area (Å²) >= 11 is 8.76. The number of rotatable bonds is 5. The largest absolute Gasteiger partial charge is 0.480 e. The van der Waals surface area contributed by atoms with Crippen LogP contribution in [0.4, 0.5) is 0 Å². The molecule has 122 valence electrons. The Morgan fingerprint density at radius 2 is 1.77 bits per heavy atom. The maximum Gasteiger partial charge on any atom is 0.326 e. The topological polar surface area (TPSA) is 74.7 Å². The molecular formula is C14H17Br2NO4S. The van der Waals surface area contributed by atoms with Crippen molar-refractivity contribution in [1.82, 2.24) is 4.90 Å². The highest BCUT2D eigenvalue weighted by Crippen LogP contribution is 2.60. The fourth-order valence-corrected chi connectivity index (χ4v) is 6.60. The van der Waals surface area contributed by atoms with Crippen molar-refractivity contribution in [3.8, 4) is 0 Å². The Hall–Kier alpha value is -0.0800. The molecule has 0 aromatic rings. The average molecular weight is 455 g/mol. The van der Waals surface area contributed by atoms with Crippen LogP contribution in [0.25, 0.3) is 0 Å². The zero-order chi connectivity index (χ0) is 16.2. The van der Waals surface area contributed by atoms with Crippen molar-refractivity contribution in [2.45, 2.75) is 28.5 Å². The van der Waals surface area contributed by atoms with Crippen LogP contribution in [0.2, 0.25) is 0 Å². The first-order valence-electron chi connectivity index (χ1n) is 7.27. The molecule has 1 heterocycles. The molecule has 8 heteroatoms. The van der Waals surface area contributed by atoms with Crippen molar-refractivity contribution in [2.24, 2.45) is 23.7 Å². The number of hydrogen-bond donors (Lipinski definition) is 1. The van der Waals surface area contributed by atoms with E-state index in [9.17, 15) is 19.5 Å². The molecule has 1 saturated heterocycles. The summed E-state index contributed by atoms with van der Waals surface area (Å²) in [6.07, 6.45) is 3.04.